The Kier molecular flexibility index (Phi) is 7.18. The number of pyridine rings is 1. The summed E-state index contributed by atoms with van der Waals surface area (Å²) in [6.45, 7) is 0.862. The Hall–Kier alpha value is -3.46. The molecule has 1 saturated heterocycles. The Morgan fingerprint density at radius 3 is 2.56 bits per heavy atom. The van der Waals surface area contributed by atoms with Crippen molar-refractivity contribution in [2.45, 2.75) is 12.1 Å². The van der Waals surface area contributed by atoms with Crippen molar-refractivity contribution in [3.63, 3.8) is 0 Å². The molecule has 6 nitrogen and oxygen atoms in total. The van der Waals surface area contributed by atoms with Crippen molar-refractivity contribution < 1.29 is 13.9 Å². The number of aromatic nitrogens is 2. The molecule has 2 aromatic carbocycles. The summed E-state index contributed by atoms with van der Waals surface area (Å²) >= 11 is 12.4. The molecular weight excluding hydrogens is 499 g/mol. The van der Waals surface area contributed by atoms with Crippen LogP contribution in [0.1, 0.15) is 23.5 Å². The van der Waals surface area contributed by atoms with Crippen LogP contribution < -0.4 is 15.0 Å². The quantitative estimate of drug-likeness (QED) is 0.231. The minimum atomic E-state index is -0.286. The Morgan fingerprint density at radius 1 is 1.03 bits per heavy atom. The van der Waals surface area contributed by atoms with Gasteiger partial charge in [-0.3, -0.25) is 4.98 Å². The van der Waals surface area contributed by atoms with Gasteiger partial charge in [-0.15, -0.1) is 0 Å². The van der Waals surface area contributed by atoms with Crippen molar-refractivity contribution in [1.82, 2.24) is 14.9 Å². The van der Waals surface area contributed by atoms with Crippen LogP contribution in [0.15, 0.2) is 85.2 Å². The SMILES string of the molecule is COCCOc1ccc(N2C(=S)N[C@@H](c3ccccn3)[C@H]2c2cccn2-c2ccc(F)cc2)cc1Cl. The van der Waals surface area contributed by atoms with Gasteiger partial charge in [0.25, 0.3) is 0 Å². The Bertz CT molecular complexity index is 1350. The molecule has 36 heavy (non-hydrogen) atoms. The van der Waals surface area contributed by atoms with E-state index in [1.165, 1.54) is 12.1 Å². The molecule has 0 radical (unpaired) electrons. The van der Waals surface area contributed by atoms with Crippen molar-refractivity contribution in [3.8, 4) is 11.4 Å². The fraction of sp³-hybridized carbons (Fsp3) is 0.185. The summed E-state index contributed by atoms with van der Waals surface area (Å²) in [7, 11) is 1.62. The van der Waals surface area contributed by atoms with Gasteiger partial charge in [-0.2, -0.15) is 0 Å². The molecule has 0 aliphatic carbocycles. The van der Waals surface area contributed by atoms with Crippen LogP contribution in [0.2, 0.25) is 5.02 Å². The van der Waals surface area contributed by atoms with Gasteiger partial charge in [-0.25, -0.2) is 4.39 Å². The van der Waals surface area contributed by atoms with Gasteiger partial charge in [-0.1, -0.05) is 17.7 Å². The summed E-state index contributed by atoms with van der Waals surface area (Å²) in [6.07, 6.45) is 3.72. The summed E-state index contributed by atoms with van der Waals surface area (Å²) in [5.41, 5.74) is 3.46. The Morgan fingerprint density at radius 2 is 1.83 bits per heavy atom. The predicted octanol–water partition coefficient (Wildman–Crippen LogP) is 5.87. The van der Waals surface area contributed by atoms with Crippen LogP contribution in [0.5, 0.6) is 5.75 Å². The maximum atomic E-state index is 13.6. The molecule has 0 bridgehead atoms. The third kappa shape index (κ3) is 4.80. The molecule has 0 amide bonds. The first kappa shape index (κ1) is 24.2. The average molecular weight is 523 g/mol. The van der Waals surface area contributed by atoms with Gasteiger partial charge in [-0.05, 0) is 78.9 Å². The van der Waals surface area contributed by atoms with E-state index in [9.17, 15) is 4.39 Å². The maximum Gasteiger partial charge on any atom is 0.174 e. The molecule has 4 aromatic rings. The molecule has 2 aromatic heterocycles. The first-order chi connectivity index (χ1) is 17.6. The Balaban J connectivity index is 1.58. The van der Waals surface area contributed by atoms with Gasteiger partial charge in [0.15, 0.2) is 5.11 Å². The summed E-state index contributed by atoms with van der Waals surface area (Å²) < 4.78 is 26.5. The number of halogens is 2. The van der Waals surface area contributed by atoms with Gasteiger partial charge < -0.3 is 24.3 Å². The van der Waals surface area contributed by atoms with E-state index in [1.807, 2.05) is 64.2 Å². The van der Waals surface area contributed by atoms with E-state index in [-0.39, 0.29) is 17.9 Å². The second kappa shape index (κ2) is 10.7. The van der Waals surface area contributed by atoms with Crippen LogP contribution in [0.25, 0.3) is 5.69 Å². The lowest BCUT2D eigenvalue weighted by Gasteiger charge is -2.29. The van der Waals surface area contributed by atoms with Crippen molar-refractivity contribution >= 4 is 34.6 Å². The molecule has 184 valence electrons. The lowest BCUT2D eigenvalue weighted by molar-refractivity contribution is 0.146. The first-order valence-corrected chi connectivity index (χ1v) is 12.2. The molecule has 3 heterocycles. The number of anilines is 1. The smallest absolute Gasteiger partial charge is 0.174 e. The van der Waals surface area contributed by atoms with E-state index in [1.54, 1.807) is 25.4 Å². The van der Waals surface area contributed by atoms with E-state index >= 15 is 0 Å². The topological polar surface area (TPSA) is 51.6 Å². The minimum Gasteiger partial charge on any atom is -0.490 e. The standard InChI is InChI=1S/C27H24ClFN4O2S/c1-34-15-16-35-24-12-11-20(17-21(24)28)33-26(25(31-27(33)36)22-5-2-3-13-30-22)23-6-4-14-32(23)19-9-7-18(29)8-10-19/h2-14,17,25-26H,15-16H2,1H3,(H,31,36)/t25-,26+/m0/s1. The van der Waals surface area contributed by atoms with E-state index in [0.717, 1.165) is 22.8 Å². The molecule has 1 aliphatic heterocycles. The molecular formula is C27H24ClFN4O2S. The van der Waals surface area contributed by atoms with E-state index in [2.05, 4.69) is 10.3 Å². The fourth-order valence-electron chi connectivity index (χ4n) is 4.40. The molecule has 0 saturated carbocycles. The number of rotatable bonds is 8. The largest absolute Gasteiger partial charge is 0.490 e. The number of benzene rings is 2. The normalized spacial score (nSPS) is 17.3. The zero-order valence-corrected chi connectivity index (χ0v) is 21.0. The summed E-state index contributed by atoms with van der Waals surface area (Å²) in [5.74, 6) is 0.287. The molecule has 0 spiro atoms. The first-order valence-electron chi connectivity index (χ1n) is 11.4. The number of thiocarbonyl (C=S) groups is 1. The number of nitrogens with one attached hydrogen (secondary N) is 1. The van der Waals surface area contributed by atoms with Crippen LogP contribution in [-0.2, 0) is 4.74 Å². The van der Waals surface area contributed by atoms with Crippen molar-refractivity contribution in [2.75, 3.05) is 25.2 Å². The predicted molar refractivity (Wildman–Crippen MR) is 142 cm³/mol. The maximum absolute atomic E-state index is 13.6. The highest BCUT2D eigenvalue weighted by molar-refractivity contribution is 7.80. The van der Waals surface area contributed by atoms with E-state index in [4.69, 9.17) is 33.3 Å². The van der Waals surface area contributed by atoms with Gasteiger partial charge in [0.1, 0.15) is 24.2 Å². The number of hydrogen-bond acceptors (Lipinski definition) is 4. The average Bonchev–Trinajstić information content (AvgIpc) is 3.50. The summed E-state index contributed by atoms with van der Waals surface area (Å²) in [4.78, 5) is 6.64. The number of nitrogens with zero attached hydrogens (tertiary/aromatic N) is 3. The number of hydrogen-bond donors (Lipinski definition) is 1. The zero-order valence-electron chi connectivity index (χ0n) is 19.5. The Labute approximate surface area is 219 Å². The zero-order chi connectivity index (χ0) is 25.1. The van der Waals surface area contributed by atoms with E-state index in [0.29, 0.717) is 29.1 Å². The number of ether oxygens (including phenoxy) is 2. The molecule has 0 unspecified atom stereocenters. The third-order valence-corrected chi connectivity index (χ3v) is 6.63. The molecule has 1 fully saturated rings. The number of methoxy groups -OCH3 is 1. The molecule has 5 rings (SSSR count). The summed E-state index contributed by atoms with van der Waals surface area (Å²) in [6, 6.07) is 21.3. The van der Waals surface area contributed by atoms with Crippen molar-refractivity contribution in [1.29, 1.82) is 0 Å². The van der Waals surface area contributed by atoms with Crippen molar-refractivity contribution in [3.05, 3.63) is 107 Å². The minimum absolute atomic E-state index is 0.232. The monoisotopic (exact) mass is 522 g/mol. The third-order valence-electron chi connectivity index (χ3n) is 6.02. The molecule has 2 atom stereocenters. The van der Waals surface area contributed by atoms with Gasteiger partial charge >= 0.3 is 0 Å². The van der Waals surface area contributed by atoms with Crippen LogP contribution in [0.3, 0.4) is 0 Å². The summed E-state index contributed by atoms with van der Waals surface area (Å²) in [5, 5.41) is 4.47. The van der Waals surface area contributed by atoms with Gasteiger partial charge in [0.05, 0.1) is 23.4 Å². The van der Waals surface area contributed by atoms with Gasteiger partial charge in [0.2, 0.25) is 0 Å². The van der Waals surface area contributed by atoms with Crippen LogP contribution in [-0.4, -0.2) is 35.0 Å². The van der Waals surface area contributed by atoms with Crippen molar-refractivity contribution in [2.24, 2.45) is 0 Å². The molecule has 1 aliphatic rings. The van der Waals surface area contributed by atoms with Gasteiger partial charge in [0, 0.05) is 36.6 Å². The fourth-order valence-corrected chi connectivity index (χ4v) is 4.97. The second-order valence-electron chi connectivity index (χ2n) is 8.23. The second-order valence-corrected chi connectivity index (χ2v) is 9.03. The van der Waals surface area contributed by atoms with E-state index < -0.39 is 0 Å². The lowest BCUT2D eigenvalue weighted by atomic mass is 10.0. The van der Waals surface area contributed by atoms with Crippen LogP contribution in [0, 0.1) is 5.82 Å². The molecule has 1 N–H and O–H groups in total. The highest BCUT2D eigenvalue weighted by atomic mass is 35.5. The van der Waals surface area contributed by atoms with Crippen LogP contribution in [0.4, 0.5) is 10.1 Å². The highest BCUT2D eigenvalue weighted by Crippen LogP contribution is 2.43. The van der Waals surface area contributed by atoms with Crippen LogP contribution >= 0.6 is 23.8 Å². The lowest BCUT2D eigenvalue weighted by Crippen LogP contribution is -2.30. The highest BCUT2D eigenvalue weighted by Gasteiger charge is 2.42. The molecule has 9 heteroatoms.